The summed E-state index contributed by atoms with van der Waals surface area (Å²) in [5, 5.41) is 39.7. The summed E-state index contributed by atoms with van der Waals surface area (Å²) in [4.78, 5) is 34.3. The third-order valence-corrected chi connectivity index (χ3v) is 4.13. The van der Waals surface area contributed by atoms with Crippen LogP contribution in [0.5, 0.6) is 0 Å². The van der Waals surface area contributed by atoms with Crippen molar-refractivity contribution >= 4 is 24.0 Å². The fraction of sp³-hybridized carbons (Fsp3) is 0.421. The third kappa shape index (κ3) is 8.76. The molecule has 5 N–H and O–H groups in total. The van der Waals surface area contributed by atoms with Gasteiger partial charge < -0.3 is 25.7 Å². The summed E-state index contributed by atoms with van der Waals surface area (Å²) in [5.41, 5.74) is 1.56. The highest BCUT2D eigenvalue weighted by Crippen LogP contribution is 2.16. The average Bonchev–Trinajstić information content (AvgIpc) is 2.64. The van der Waals surface area contributed by atoms with E-state index < -0.39 is 36.5 Å². The first kappa shape index (κ1) is 23.3. The standard InChI is InChI=1S/C19H26N2O7/c1-2-13-3-5-14(6-4-13)16(22)12-21(9-7-17(23)24)10-8-20-15(19(27)28)11-18(25)26/h2-6,15-16,20,22H,1,7-12H2,(H,23,24)(H,25,26)(H,27,28). The van der Waals surface area contributed by atoms with Crippen LogP contribution >= 0.6 is 0 Å². The summed E-state index contributed by atoms with van der Waals surface area (Å²) in [6, 6.07) is 5.87. The van der Waals surface area contributed by atoms with Crippen molar-refractivity contribution in [2.24, 2.45) is 0 Å². The van der Waals surface area contributed by atoms with Crippen LogP contribution in [0.1, 0.15) is 30.1 Å². The number of aliphatic hydroxyl groups is 1. The summed E-state index contributed by atoms with van der Waals surface area (Å²) in [7, 11) is 0. The molecule has 0 aliphatic heterocycles. The summed E-state index contributed by atoms with van der Waals surface area (Å²) < 4.78 is 0. The Morgan fingerprint density at radius 3 is 2.21 bits per heavy atom. The van der Waals surface area contributed by atoms with Gasteiger partial charge in [-0.2, -0.15) is 0 Å². The van der Waals surface area contributed by atoms with Crippen LogP contribution in [0.2, 0.25) is 0 Å². The van der Waals surface area contributed by atoms with Crippen molar-refractivity contribution in [1.82, 2.24) is 10.2 Å². The van der Waals surface area contributed by atoms with Crippen molar-refractivity contribution in [2.45, 2.75) is 25.0 Å². The molecule has 0 bridgehead atoms. The molecule has 0 heterocycles. The molecule has 28 heavy (non-hydrogen) atoms. The number of carboxylic acids is 3. The van der Waals surface area contributed by atoms with E-state index in [9.17, 15) is 19.5 Å². The molecule has 0 amide bonds. The molecule has 0 aliphatic rings. The van der Waals surface area contributed by atoms with E-state index in [2.05, 4.69) is 11.9 Å². The average molecular weight is 394 g/mol. The number of benzene rings is 1. The molecule has 0 saturated carbocycles. The topological polar surface area (TPSA) is 147 Å². The van der Waals surface area contributed by atoms with Crippen LogP contribution in [0, 0.1) is 0 Å². The number of hydrogen-bond acceptors (Lipinski definition) is 6. The Morgan fingerprint density at radius 1 is 1.07 bits per heavy atom. The van der Waals surface area contributed by atoms with Crippen LogP contribution < -0.4 is 5.32 Å². The van der Waals surface area contributed by atoms with E-state index >= 15 is 0 Å². The first-order valence-electron chi connectivity index (χ1n) is 8.75. The lowest BCUT2D eigenvalue weighted by atomic mass is 10.1. The zero-order valence-electron chi connectivity index (χ0n) is 15.5. The summed E-state index contributed by atoms with van der Waals surface area (Å²) in [6.45, 7) is 4.35. The maximum Gasteiger partial charge on any atom is 0.321 e. The van der Waals surface area contributed by atoms with Gasteiger partial charge >= 0.3 is 17.9 Å². The van der Waals surface area contributed by atoms with Gasteiger partial charge in [-0.15, -0.1) is 0 Å². The molecule has 0 saturated heterocycles. The van der Waals surface area contributed by atoms with Crippen molar-refractivity contribution in [3.8, 4) is 0 Å². The second kappa shape index (κ2) is 11.9. The van der Waals surface area contributed by atoms with E-state index in [1.165, 1.54) is 0 Å². The quantitative estimate of drug-likeness (QED) is 0.307. The predicted octanol–water partition coefficient (Wildman–Crippen LogP) is 0.657. The van der Waals surface area contributed by atoms with E-state index in [1.807, 2.05) is 0 Å². The number of nitrogens with one attached hydrogen (secondary N) is 1. The highest BCUT2D eigenvalue weighted by atomic mass is 16.4. The van der Waals surface area contributed by atoms with E-state index in [4.69, 9.17) is 15.3 Å². The number of carboxylic acid groups (broad SMARTS) is 3. The highest BCUT2D eigenvalue weighted by Gasteiger charge is 2.21. The van der Waals surface area contributed by atoms with Crippen molar-refractivity contribution in [3.05, 3.63) is 42.0 Å². The smallest absolute Gasteiger partial charge is 0.321 e. The molecule has 1 aromatic carbocycles. The largest absolute Gasteiger partial charge is 0.481 e. The number of aliphatic carboxylic acids is 3. The van der Waals surface area contributed by atoms with Gasteiger partial charge in [-0.1, -0.05) is 36.9 Å². The maximum atomic E-state index is 11.1. The van der Waals surface area contributed by atoms with Gasteiger partial charge in [-0.05, 0) is 11.1 Å². The van der Waals surface area contributed by atoms with Gasteiger partial charge in [-0.3, -0.25) is 19.3 Å². The number of hydrogen-bond donors (Lipinski definition) is 5. The summed E-state index contributed by atoms with van der Waals surface area (Å²) >= 11 is 0. The Morgan fingerprint density at radius 2 is 1.71 bits per heavy atom. The third-order valence-electron chi connectivity index (χ3n) is 4.13. The SMILES string of the molecule is C=Cc1ccc(C(O)CN(CCNC(CC(=O)O)C(=O)O)CCC(=O)O)cc1. The van der Waals surface area contributed by atoms with Gasteiger partial charge in [0.25, 0.3) is 0 Å². The summed E-state index contributed by atoms with van der Waals surface area (Å²) in [6.07, 6.45) is 0.112. The van der Waals surface area contributed by atoms with Crippen molar-refractivity contribution in [2.75, 3.05) is 26.2 Å². The molecule has 2 unspecified atom stereocenters. The van der Waals surface area contributed by atoms with Crippen molar-refractivity contribution in [3.63, 3.8) is 0 Å². The number of rotatable bonds is 14. The van der Waals surface area contributed by atoms with Crippen molar-refractivity contribution in [1.29, 1.82) is 0 Å². The Labute approximate surface area is 162 Å². The molecule has 1 aromatic rings. The molecule has 9 nitrogen and oxygen atoms in total. The number of carbonyl (C=O) groups is 3. The lowest BCUT2D eigenvalue weighted by Gasteiger charge is -2.25. The minimum Gasteiger partial charge on any atom is -0.481 e. The van der Waals surface area contributed by atoms with Crippen LogP contribution in [0.3, 0.4) is 0 Å². The first-order chi connectivity index (χ1) is 13.2. The Kier molecular flexibility index (Phi) is 9.86. The molecule has 1 rings (SSSR count). The lowest BCUT2D eigenvalue weighted by molar-refractivity contribution is -0.145. The maximum absolute atomic E-state index is 11.1. The van der Waals surface area contributed by atoms with E-state index in [0.29, 0.717) is 5.56 Å². The second-order valence-corrected chi connectivity index (χ2v) is 6.27. The second-order valence-electron chi connectivity index (χ2n) is 6.27. The van der Waals surface area contributed by atoms with Gasteiger partial charge in [0.2, 0.25) is 0 Å². The van der Waals surface area contributed by atoms with Gasteiger partial charge in [-0.25, -0.2) is 0 Å². The Balaban J connectivity index is 2.67. The molecule has 2 atom stereocenters. The normalized spacial score (nSPS) is 13.1. The zero-order valence-corrected chi connectivity index (χ0v) is 15.5. The van der Waals surface area contributed by atoms with E-state index in [-0.39, 0.29) is 32.6 Å². The summed E-state index contributed by atoms with van der Waals surface area (Å²) in [5.74, 6) is -3.50. The fourth-order valence-corrected chi connectivity index (χ4v) is 2.57. The van der Waals surface area contributed by atoms with Crippen LogP contribution in [-0.2, 0) is 14.4 Å². The Hall–Kier alpha value is -2.75. The molecule has 9 heteroatoms. The molecule has 0 spiro atoms. The van der Waals surface area contributed by atoms with Gasteiger partial charge in [0.15, 0.2) is 0 Å². The van der Waals surface area contributed by atoms with Crippen LogP contribution in [0.25, 0.3) is 6.08 Å². The van der Waals surface area contributed by atoms with E-state index in [1.54, 1.807) is 35.2 Å². The molecule has 0 aliphatic carbocycles. The molecule has 0 fully saturated rings. The molecule has 0 radical (unpaired) electrons. The minimum absolute atomic E-state index is 0.131. The molecule has 154 valence electrons. The molecular weight excluding hydrogens is 368 g/mol. The fourth-order valence-electron chi connectivity index (χ4n) is 2.57. The number of aliphatic hydroxyl groups excluding tert-OH is 1. The lowest BCUT2D eigenvalue weighted by Crippen LogP contribution is -2.43. The van der Waals surface area contributed by atoms with E-state index in [0.717, 1.165) is 5.56 Å². The monoisotopic (exact) mass is 394 g/mol. The Bertz CT molecular complexity index is 675. The minimum atomic E-state index is -1.28. The predicted molar refractivity (Wildman–Crippen MR) is 102 cm³/mol. The molecule has 0 aromatic heterocycles. The zero-order chi connectivity index (χ0) is 21.1. The van der Waals surface area contributed by atoms with Gasteiger partial charge in [0, 0.05) is 26.2 Å². The van der Waals surface area contributed by atoms with Gasteiger partial charge in [0.1, 0.15) is 6.04 Å². The van der Waals surface area contributed by atoms with Gasteiger partial charge in [0.05, 0.1) is 18.9 Å². The highest BCUT2D eigenvalue weighted by molar-refractivity contribution is 5.80. The van der Waals surface area contributed by atoms with Crippen LogP contribution in [0.4, 0.5) is 0 Å². The van der Waals surface area contributed by atoms with Crippen LogP contribution in [-0.4, -0.2) is 75.5 Å². The number of nitrogens with zero attached hydrogens (tertiary/aromatic N) is 1. The van der Waals surface area contributed by atoms with Crippen LogP contribution in [0.15, 0.2) is 30.8 Å². The van der Waals surface area contributed by atoms with Crippen molar-refractivity contribution < 1.29 is 34.8 Å². The first-order valence-corrected chi connectivity index (χ1v) is 8.75. The molecular formula is C19H26N2O7.